The minimum Gasteiger partial charge on any atom is -0.478 e. The molecule has 3 saturated carbocycles. The molecule has 4 atom stereocenters. The van der Waals surface area contributed by atoms with Crippen LogP contribution in [0.25, 0.3) is 21.5 Å². The minimum atomic E-state index is -1.20. The molecule has 4 aromatic rings. The highest BCUT2D eigenvalue weighted by molar-refractivity contribution is 7.18. The molecule has 2 heterocycles. The van der Waals surface area contributed by atoms with Crippen molar-refractivity contribution in [1.82, 2.24) is 10.1 Å². The fraction of sp³-hybridized carbons (Fsp3) is 0.414. The predicted molar refractivity (Wildman–Crippen MR) is 148 cm³/mol. The molecule has 7 nitrogen and oxygen atoms in total. The van der Waals surface area contributed by atoms with Gasteiger partial charge < -0.3 is 19.5 Å². The second kappa shape index (κ2) is 9.77. The molecule has 0 bridgehead atoms. The Morgan fingerprint density at radius 3 is 2.52 bits per heavy atom. The summed E-state index contributed by atoms with van der Waals surface area (Å²) < 4.78 is 27.2. The second-order valence-corrected chi connectivity index (χ2v) is 13.1. The maximum absolute atomic E-state index is 14.5. The van der Waals surface area contributed by atoms with Crippen LogP contribution in [0, 0.1) is 17.7 Å². The second-order valence-electron chi connectivity index (χ2n) is 11.2. The molecule has 11 heteroatoms. The Morgan fingerprint density at radius 2 is 1.88 bits per heavy atom. The smallest absolute Gasteiger partial charge is 0.335 e. The summed E-state index contributed by atoms with van der Waals surface area (Å²) >= 11 is 14.1. The van der Waals surface area contributed by atoms with Crippen molar-refractivity contribution in [2.75, 3.05) is 0 Å². The van der Waals surface area contributed by atoms with Crippen molar-refractivity contribution in [3.8, 4) is 11.3 Å². The van der Waals surface area contributed by atoms with Crippen molar-refractivity contribution >= 4 is 50.7 Å². The van der Waals surface area contributed by atoms with E-state index >= 15 is 0 Å². The Hall–Kier alpha value is -2.56. The monoisotopic (exact) mass is 602 g/mol. The van der Waals surface area contributed by atoms with E-state index in [0.29, 0.717) is 56.4 Å². The largest absolute Gasteiger partial charge is 0.478 e. The van der Waals surface area contributed by atoms with Crippen molar-refractivity contribution in [2.24, 2.45) is 11.8 Å². The highest BCUT2D eigenvalue weighted by Gasteiger charge is 2.51. The summed E-state index contributed by atoms with van der Waals surface area (Å²) in [4.78, 5) is 15.7. The lowest BCUT2D eigenvalue weighted by Gasteiger charge is -2.22. The zero-order valence-corrected chi connectivity index (χ0v) is 23.5. The van der Waals surface area contributed by atoms with Crippen molar-refractivity contribution in [3.63, 3.8) is 0 Å². The number of rotatable bonds is 7. The average Bonchev–Trinajstić information content (AvgIpc) is 3.20. The molecule has 0 radical (unpaired) electrons. The van der Waals surface area contributed by atoms with E-state index in [4.69, 9.17) is 32.5 Å². The number of fused-ring (bicyclic) bond motifs is 2. The van der Waals surface area contributed by atoms with Gasteiger partial charge in [-0.2, -0.15) is 0 Å². The van der Waals surface area contributed by atoms with Gasteiger partial charge in [-0.3, -0.25) is 0 Å². The quantitative estimate of drug-likeness (QED) is 0.225. The topological polar surface area (TPSA) is 106 Å². The summed E-state index contributed by atoms with van der Waals surface area (Å²) in [6.07, 6.45) is 4.72. The molecular weight excluding hydrogens is 578 g/mol. The Bertz CT molecular complexity index is 1620. The Balaban J connectivity index is 1.06. The number of carboxylic acids is 1. The fourth-order valence-electron chi connectivity index (χ4n) is 6.48. The van der Waals surface area contributed by atoms with Crippen LogP contribution in [0.15, 0.2) is 34.9 Å². The molecule has 0 spiro atoms. The van der Waals surface area contributed by atoms with E-state index < -0.39 is 17.4 Å². The number of hydrogen-bond acceptors (Lipinski definition) is 7. The first-order valence-corrected chi connectivity index (χ1v) is 14.9. The molecule has 0 amide bonds. The van der Waals surface area contributed by atoms with E-state index in [0.717, 1.165) is 54.4 Å². The first-order valence-electron chi connectivity index (χ1n) is 13.3. The maximum Gasteiger partial charge on any atom is 0.335 e. The highest BCUT2D eigenvalue weighted by atomic mass is 35.5. The molecule has 3 aliphatic rings. The summed E-state index contributed by atoms with van der Waals surface area (Å²) in [6, 6.07) is 7.74. The standard InChI is InChI=1S/C29H25Cl2FN2O5S/c30-19-2-1-3-20(31)23(19)24-18(26(39-34-24)13-4-5-13)12-38-17-6-15-10-29(37,11-16(15)7-17)28-33-25-21(32)8-14(27(35)36)9-22(25)40-28/h1-3,8-9,13,15-17,37H,4-7,10-12H2,(H,35,36)/t15-,16+,17?,29?. The predicted octanol–water partition coefficient (Wildman–Crippen LogP) is 7.57. The van der Waals surface area contributed by atoms with Gasteiger partial charge in [-0.05, 0) is 74.6 Å². The summed E-state index contributed by atoms with van der Waals surface area (Å²) in [5.41, 5.74) is 0.972. The third-order valence-electron chi connectivity index (χ3n) is 8.52. The fourth-order valence-corrected chi connectivity index (χ4v) is 8.18. The van der Waals surface area contributed by atoms with E-state index in [2.05, 4.69) is 10.1 Å². The zero-order chi connectivity index (χ0) is 27.8. The van der Waals surface area contributed by atoms with Gasteiger partial charge in [0.25, 0.3) is 0 Å². The van der Waals surface area contributed by atoms with Crippen molar-refractivity contribution in [3.05, 3.63) is 68.1 Å². The van der Waals surface area contributed by atoms with Crippen LogP contribution in [0.4, 0.5) is 4.39 Å². The van der Waals surface area contributed by atoms with Crippen LogP contribution >= 0.6 is 34.5 Å². The number of halogens is 3. The molecule has 2 aromatic heterocycles. The first kappa shape index (κ1) is 26.3. The molecule has 2 unspecified atom stereocenters. The Kier molecular flexibility index (Phi) is 6.44. The van der Waals surface area contributed by atoms with Crippen molar-refractivity contribution in [2.45, 2.75) is 62.8 Å². The van der Waals surface area contributed by atoms with Gasteiger partial charge in [0.1, 0.15) is 27.6 Å². The number of aromatic nitrogens is 2. The molecule has 2 aromatic carbocycles. The van der Waals surface area contributed by atoms with Crippen LogP contribution in [-0.4, -0.2) is 32.4 Å². The van der Waals surface area contributed by atoms with Gasteiger partial charge in [-0.25, -0.2) is 14.2 Å². The van der Waals surface area contributed by atoms with Crippen molar-refractivity contribution < 1.29 is 28.7 Å². The SMILES string of the molecule is O=C(O)c1cc(F)c2nc(C3(O)C[C@H]4CC(OCc5c(-c6c(Cl)cccc6Cl)noc5C5CC5)C[C@H]4C3)sc2c1. The van der Waals surface area contributed by atoms with Gasteiger partial charge in [0.05, 0.1) is 33.0 Å². The van der Waals surface area contributed by atoms with Gasteiger partial charge >= 0.3 is 5.97 Å². The van der Waals surface area contributed by atoms with Gasteiger partial charge in [0, 0.05) is 17.0 Å². The number of carboxylic acid groups (broad SMARTS) is 1. The minimum absolute atomic E-state index is 0.0157. The molecule has 7 rings (SSSR count). The van der Waals surface area contributed by atoms with Crippen LogP contribution in [-0.2, 0) is 16.9 Å². The third kappa shape index (κ3) is 4.52. The first-order chi connectivity index (χ1) is 19.2. The highest BCUT2D eigenvalue weighted by Crippen LogP contribution is 2.55. The van der Waals surface area contributed by atoms with Crippen molar-refractivity contribution in [1.29, 1.82) is 0 Å². The summed E-state index contributed by atoms with van der Waals surface area (Å²) in [5.74, 6) is -0.233. The molecule has 0 saturated heterocycles. The number of nitrogens with zero attached hydrogens (tertiary/aromatic N) is 2. The van der Waals surface area contributed by atoms with Gasteiger partial charge in [-0.1, -0.05) is 34.4 Å². The van der Waals surface area contributed by atoms with Gasteiger partial charge in [-0.15, -0.1) is 11.3 Å². The van der Waals surface area contributed by atoms with Crippen LogP contribution in [0.3, 0.4) is 0 Å². The molecule has 40 heavy (non-hydrogen) atoms. The van der Waals surface area contributed by atoms with Gasteiger partial charge in [0.2, 0.25) is 0 Å². The Labute approximate surface area is 242 Å². The number of hydrogen-bond donors (Lipinski definition) is 2. The lowest BCUT2D eigenvalue weighted by atomic mass is 9.98. The number of aromatic carboxylic acids is 1. The lowest BCUT2D eigenvalue weighted by molar-refractivity contribution is 0.00957. The molecule has 2 N–H and O–H groups in total. The third-order valence-corrected chi connectivity index (χ3v) is 10.3. The van der Waals surface area contributed by atoms with Crippen LogP contribution in [0.5, 0.6) is 0 Å². The number of carbonyl (C=O) groups is 1. The van der Waals surface area contributed by atoms with E-state index in [-0.39, 0.29) is 29.0 Å². The van der Waals surface area contributed by atoms with Crippen LogP contribution < -0.4 is 0 Å². The molecule has 3 aliphatic carbocycles. The summed E-state index contributed by atoms with van der Waals surface area (Å²) in [6.45, 7) is 0.337. The number of ether oxygens (including phenoxy) is 1. The Morgan fingerprint density at radius 1 is 1.18 bits per heavy atom. The zero-order valence-electron chi connectivity index (χ0n) is 21.2. The van der Waals surface area contributed by atoms with Crippen LogP contribution in [0.1, 0.15) is 71.1 Å². The van der Waals surface area contributed by atoms with E-state index in [9.17, 15) is 19.4 Å². The maximum atomic E-state index is 14.5. The average molecular weight is 603 g/mol. The molecule has 0 aliphatic heterocycles. The number of benzene rings is 2. The normalized spacial score (nSPS) is 26.1. The van der Waals surface area contributed by atoms with Crippen LogP contribution in [0.2, 0.25) is 10.0 Å². The molecule has 208 valence electrons. The van der Waals surface area contributed by atoms with E-state index in [1.54, 1.807) is 18.2 Å². The van der Waals surface area contributed by atoms with Gasteiger partial charge in [0.15, 0.2) is 5.82 Å². The lowest BCUT2D eigenvalue weighted by Crippen LogP contribution is -2.23. The van der Waals surface area contributed by atoms with E-state index in [1.807, 2.05) is 0 Å². The molecular formula is C29H25Cl2FN2O5S. The number of aliphatic hydroxyl groups is 1. The number of thiazole rings is 1. The summed E-state index contributed by atoms with van der Waals surface area (Å²) in [5, 5.41) is 26.6. The summed E-state index contributed by atoms with van der Waals surface area (Å²) in [7, 11) is 0. The molecule has 3 fully saturated rings. The van der Waals surface area contributed by atoms with E-state index in [1.165, 1.54) is 6.07 Å².